The fourth-order valence-corrected chi connectivity index (χ4v) is 4.69. The summed E-state index contributed by atoms with van der Waals surface area (Å²) in [4.78, 5) is 35.6. The Morgan fingerprint density at radius 1 is 0.972 bits per heavy atom. The SMILES string of the molecule is Cc1ccc(CN2CCC3(CC2)C(=O)Nc2ccccc23)s1.O=C(O)C(F)(F)F.O=C(O)C(F)(F)F. The highest BCUT2D eigenvalue weighted by Crippen LogP contribution is 2.44. The normalized spacial score (nSPS) is 16.7. The number of piperidine rings is 1. The number of hydrogen-bond donors (Lipinski definition) is 3. The maximum atomic E-state index is 12.5. The number of carboxylic acid groups (broad SMARTS) is 2. The van der Waals surface area contributed by atoms with E-state index in [1.165, 1.54) is 15.3 Å². The van der Waals surface area contributed by atoms with Gasteiger partial charge in [0.15, 0.2) is 0 Å². The van der Waals surface area contributed by atoms with E-state index in [0.717, 1.165) is 38.2 Å². The molecule has 2 aliphatic rings. The first kappa shape index (κ1) is 29.1. The van der Waals surface area contributed by atoms with Crippen molar-refractivity contribution in [1.29, 1.82) is 0 Å². The zero-order valence-corrected chi connectivity index (χ0v) is 19.6. The average molecular weight is 540 g/mol. The van der Waals surface area contributed by atoms with Crippen molar-refractivity contribution >= 4 is 34.9 Å². The summed E-state index contributed by atoms with van der Waals surface area (Å²) in [7, 11) is 0. The fourth-order valence-electron chi connectivity index (χ4n) is 3.75. The van der Waals surface area contributed by atoms with Gasteiger partial charge in [-0.1, -0.05) is 18.2 Å². The van der Waals surface area contributed by atoms with Crippen LogP contribution >= 0.6 is 11.3 Å². The Hall–Kier alpha value is -3.13. The highest BCUT2D eigenvalue weighted by Gasteiger charge is 2.48. The number of carbonyl (C=O) groups excluding carboxylic acids is 1. The van der Waals surface area contributed by atoms with E-state index >= 15 is 0 Å². The molecule has 0 bridgehead atoms. The molecular weight excluding hydrogens is 518 g/mol. The number of rotatable bonds is 2. The van der Waals surface area contributed by atoms with Gasteiger partial charge < -0.3 is 15.5 Å². The maximum absolute atomic E-state index is 12.5. The number of anilines is 1. The standard InChI is InChI=1S/C18H20N2OS.2C2HF3O2/c1-13-6-7-14(22-13)12-20-10-8-18(9-11-20)15-4-2-3-5-16(15)19-17(18)21;2*3-2(4,5)1(6)7/h2-7H,8-12H2,1H3,(H,19,21);2*(H,6,7). The Bertz CT molecular complexity index is 1070. The molecule has 1 fully saturated rings. The van der Waals surface area contributed by atoms with E-state index in [1.54, 1.807) is 0 Å². The number of benzene rings is 1. The molecule has 3 heterocycles. The summed E-state index contributed by atoms with van der Waals surface area (Å²) in [6, 6.07) is 12.6. The lowest BCUT2D eigenvalue weighted by Crippen LogP contribution is -2.46. The summed E-state index contributed by atoms with van der Waals surface area (Å²) < 4.78 is 63.5. The molecule has 7 nitrogen and oxygen atoms in total. The van der Waals surface area contributed by atoms with Gasteiger partial charge in [0, 0.05) is 22.0 Å². The van der Waals surface area contributed by atoms with Crippen LogP contribution in [-0.4, -0.2) is 58.4 Å². The third-order valence-electron chi connectivity index (χ3n) is 5.50. The van der Waals surface area contributed by atoms with Gasteiger partial charge in [0.05, 0.1) is 5.41 Å². The van der Waals surface area contributed by atoms with Gasteiger partial charge in [0.2, 0.25) is 5.91 Å². The number of carbonyl (C=O) groups is 3. The zero-order valence-electron chi connectivity index (χ0n) is 18.7. The fraction of sp³-hybridized carbons (Fsp3) is 0.409. The number of nitrogens with zero attached hydrogens (tertiary/aromatic N) is 1. The minimum absolute atomic E-state index is 0.195. The molecule has 0 radical (unpaired) electrons. The van der Waals surface area contributed by atoms with E-state index < -0.39 is 24.3 Å². The molecule has 4 rings (SSSR count). The van der Waals surface area contributed by atoms with Crippen LogP contribution in [0, 0.1) is 6.92 Å². The number of alkyl halides is 6. The van der Waals surface area contributed by atoms with E-state index in [1.807, 2.05) is 29.5 Å². The van der Waals surface area contributed by atoms with Crippen LogP contribution in [0.3, 0.4) is 0 Å². The number of hydrogen-bond acceptors (Lipinski definition) is 5. The molecule has 198 valence electrons. The van der Waals surface area contributed by atoms with Gasteiger partial charge in [-0.15, -0.1) is 11.3 Å². The summed E-state index contributed by atoms with van der Waals surface area (Å²) >= 11 is 1.87. The third kappa shape index (κ3) is 7.43. The lowest BCUT2D eigenvalue weighted by Gasteiger charge is -2.37. The maximum Gasteiger partial charge on any atom is 0.490 e. The second-order valence-corrected chi connectivity index (χ2v) is 9.35. The van der Waals surface area contributed by atoms with E-state index in [0.29, 0.717) is 0 Å². The van der Waals surface area contributed by atoms with Crippen molar-refractivity contribution in [2.24, 2.45) is 0 Å². The van der Waals surface area contributed by atoms with Crippen LogP contribution in [0.15, 0.2) is 36.4 Å². The van der Waals surface area contributed by atoms with E-state index in [-0.39, 0.29) is 11.3 Å². The van der Waals surface area contributed by atoms with Crippen LogP contribution in [0.25, 0.3) is 0 Å². The lowest BCUT2D eigenvalue weighted by atomic mass is 9.73. The molecular formula is C22H22F6N2O5S. The molecule has 1 aromatic heterocycles. The molecule has 1 aromatic carbocycles. The number of amides is 1. The predicted octanol–water partition coefficient (Wildman–Crippen LogP) is 4.81. The number of likely N-dealkylation sites (tertiary alicyclic amines) is 1. The molecule has 2 aliphatic heterocycles. The minimum atomic E-state index is -5.08. The van der Waals surface area contributed by atoms with Crippen LogP contribution in [0.4, 0.5) is 32.0 Å². The first-order chi connectivity index (χ1) is 16.6. The summed E-state index contributed by atoms with van der Waals surface area (Å²) in [6.07, 6.45) is -8.33. The van der Waals surface area contributed by atoms with Crippen molar-refractivity contribution in [3.8, 4) is 0 Å². The first-order valence-electron chi connectivity index (χ1n) is 10.3. The average Bonchev–Trinajstić information content (AvgIpc) is 3.30. The second-order valence-electron chi connectivity index (χ2n) is 7.98. The number of nitrogens with one attached hydrogen (secondary N) is 1. The molecule has 2 aromatic rings. The molecule has 1 amide bonds. The van der Waals surface area contributed by atoms with Crippen LogP contribution in [0.2, 0.25) is 0 Å². The highest BCUT2D eigenvalue weighted by atomic mass is 32.1. The van der Waals surface area contributed by atoms with Gasteiger partial charge in [-0.05, 0) is 56.6 Å². The minimum Gasteiger partial charge on any atom is -0.475 e. The summed E-state index contributed by atoms with van der Waals surface area (Å²) in [5.74, 6) is -5.32. The molecule has 1 spiro atoms. The zero-order chi connectivity index (χ0) is 27.3. The van der Waals surface area contributed by atoms with Gasteiger partial charge in [-0.2, -0.15) is 26.3 Å². The van der Waals surface area contributed by atoms with Crippen LogP contribution in [-0.2, 0) is 26.3 Å². The number of para-hydroxylation sites is 1. The largest absolute Gasteiger partial charge is 0.490 e. The Labute approximate surface area is 205 Å². The topological polar surface area (TPSA) is 107 Å². The first-order valence-corrected chi connectivity index (χ1v) is 11.2. The van der Waals surface area contributed by atoms with Crippen LogP contribution < -0.4 is 5.32 Å². The van der Waals surface area contributed by atoms with Gasteiger partial charge >= 0.3 is 24.3 Å². The molecule has 36 heavy (non-hydrogen) atoms. The van der Waals surface area contributed by atoms with Crippen molar-refractivity contribution < 1.29 is 50.9 Å². The molecule has 1 saturated heterocycles. The highest BCUT2D eigenvalue weighted by molar-refractivity contribution is 7.11. The number of halogens is 6. The predicted molar refractivity (Wildman–Crippen MR) is 118 cm³/mol. The number of thiophene rings is 1. The van der Waals surface area contributed by atoms with Crippen molar-refractivity contribution in [3.63, 3.8) is 0 Å². The Balaban J connectivity index is 0.000000271. The number of carboxylic acids is 2. The van der Waals surface area contributed by atoms with Gasteiger partial charge in [-0.25, -0.2) is 9.59 Å². The Morgan fingerprint density at radius 2 is 1.47 bits per heavy atom. The second kappa shape index (κ2) is 11.3. The molecule has 0 atom stereocenters. The van der Waals surface area contributed by atoms with Crippen molar-refractivity contribution in [3.05, 3.63) is 51.7 Å². The van der Waals surface area contributed by atoms with E-state index in [9.17, 15) is 31.1 Å². The van der Waals surface area contributed by atoms with Gasteiger partial charge in [0.25, 0.3) is 0 Å². The Kier molecular flexibility index (Phi) is 9.13. The summed E-state index contributed by atoms with van der Waals surface area (Å²) in [5, 5.41) is 17.3. The smallest absolute Gasteiger partial charge is 0.475 e. The summed E-state index contributed by atoms with van der Waals surface area (Å²) in [5.41, 5.74) is 1.92. The molecule has 14 heteroatoms. The lowest BCUT2D eigenvalue weighted by molar-refractivity contribution is -0.193. The monoisotopic (exact) mass is 540 g/mol. The van der Waals surface area contributed by atoms with Gasteiger partial charge in [0.1, 0.15) is 0 Å². The Morgan fingerprint density at radius 3 is 1.92 bits per heavy atom. The number of aliphatic carboxylic acids is 2. The molecule has 0 aliphatic carbocycles. The molecule has 0 saturated carbocycles. The van der Waals surface area contributed by atoms with Crippen molar-refractivity contribution in [2.75, 3.05) is 18.4 Å². The summed E-state index contributed by atoms with van der Waals surface area (Å²) in [6.45, 7) is 5.13. The third-order valence-corrected chi connectivity index (χ3v) is 6.48. The van der Waals surface area contributed by atoms with E-state index in [2.05, 4.69) is 35.3 Å². The van der Waals surface area contributed by atoms with Crippen molar-refractivity contribution in [1.82, 2.24) is 4.90 Å². The molecule has 3 N–H and O–H groups in total. The van der Waals surface area contributed by atoms with Gasteiger partial charge in [-0.3, -0.25) is 9.69 Å². The van der Waals surface area contributed by atoms with E-state index in [4.69, 9.17) is 19.8 Å². The number of fused-ring (bicyclic) bond motifs is 2. The number of aryl methyl sites for hydroxylation is 1. The quantitative estimate of drug-likeness (QED) is 0.472. The van der Waals surface area contributed by atoms with Crippen molar-refractivity contribution in [2.45, 2.75) is 44.1 Å². The van der Waals surface area contributed by atoms with Crippen LogP contribution in [0.1, 0.15) is 28.2 Å². The van der Waals surface area contributed by atoms with Crippen LogP contribution in [0.5, 0.6) is 0 Å². The molecule has 0 unspecified atom stereocenters.